The van der Waals surface area contributed by atoms with E-state index in [-0.39, 0.29) is 25.0 Å². The SMILES string of the molecule is CCOC(=O)C1=C(c2ccccc2)N=C2SC=C(CC(=O)N[C@H](C)CC)N2[C@@H]1c1ccc(OC)cc1. The van der Waals surface area contributed by atoms with Crippen molar-refractivity contribution in [1.82, 2.24) is 10.2 Å². The van der Waals surface area contributed by atoms with Gasteiger partial charge in [0.2, 0.25) is 5.91 Å². The van der Waals surface area contributed by atoms with Gasteiger partial charge in [-0.2, -0.15) is 0 Å². The van der Waals surface area contributed by atoms with Crippen molar-refractivity contribution in [3.63, 3.8) is 0 Å². The van der Waals surface area contributed by atoms with E-state index in [0.29, 0.717) is 22.2 Å². The summed E-state index contributed by atoms with van der Waals surface area (Å²) in [5, 5.41) is 5.70. The van der Waals surface area contributed by atoms with Crippen LogP contribution in [0.15, 0.2) is 76.3 Å². The molecule has 0 spiro atoms. The third-order valence-electron chi connectivity index (χ3n) is 6.15. The lowest BCUT2D eigenvalue weighted by atomic mass is 9.91. The Morgan fingerprint density at radius 3 is 2.47 bits per heavy atom. The average Bonchev–Trinajstić information content (AvgIpc) is 3.30. The van der Waals surface area contributed by atoms with Crippen LogP contribution in [0.1, 0.15) is 50.8 Å². The van der Waals surface area contributed by atoms with E-state index >= 15 is 0 Å². The number of thioether (sulfide) groups is 1. The quantitative estimate of drug-likeness (QED) is 0.468. The van der Waals surface area contributed by atoms with Crippen LogP contribution in [0.5, 0.6) is 5.75 Å². The van der Waals surface area contributed by atoms with E-state index in [1.807, 2.05) is 78.8 Å². The molecule has 2 aliphatic heterocycles. The number of methoxy groups -OCH3 is 1. The number of hydrogen-bond donors (Lipinski definition) is 1. The minimum atomic E-state index is -0.518. The Morgan fingerprint density at radius 1 is 1.11 bits per heavy atom. The lowest BCUT2D eigenvalue weighted by Crippen LogP contribution is -2.39. The summed E-state index contributed by atoms with van der Waals surface area (Å²) in [4.78, 5) is 33.2. The van der Waals surface area contributed by atoms with Crippen LogP contribution < -0.4 is 10.1 Å². The second kappa shape index (κ2) is 11.5. The summed E-state index contributed by atoms with van der Waals surface area (Å²) in [6, 6.07) is 16.8. The van der Waals surface area contributed by atoms with Crippen molar-refractivity contribution < 1.29 is 19.1 Å². The third kappa shape index (κ3) is 5.33. The van der Waals surface area contributed by atoms with Crippen LogP contribution in [-0.2, 0) is 14.3 Å². The maximum absolute atomic E-state index is 13.5. The van der Waals surface area contributed by atoms with Crippen LogP contribution in [0, 0.1) is 0 Å². The number of carbonyl (C=O) groups excluding carboxylic acids is 2. The molecule has 0 saturated carbocycles. The van der Waals surface area contributed by atoms with Crippen molar-refractivity contribution in [2.45, 2.75) is 45.7 Å². The summed E-state index contributed by atoms with van der Waals surface area (Å²) in [7, 11) is 1.62. The monoisotopic (exact) mass is 505 g/mol. The Bertz CT molecular complexity index is 1210. The van der Waals surface area contributed by atoms with Gasteiger partial charge in [0.15, 0.2) is 5.17 Å². The number of aliphatic imine (C=N–C) groups is 1. The highest BCUT2D eigenvalue weighted by atomic mass is 32.2. The van der Waals surface area contributed by atoms with E-state index in [0.717, 1.165) is 23.2 Å². The predicted octanol–water partition coefficient (Wildman–Crippen LogP) is 5.28. The highest BCUT2D eigenvalue weighted by Gasteiger charge is 2.42. The summed E-state index contributed by atoms with van der Waals surface area (Å²) < 4.78 is 10.9. The van der Waals surface area contributed by atoms with Gasteiger partial charge < -0.3 is 19.7 Å². The first-order valence-corrected chi connectivity index (χ1v) is 13.0. The fourth-order valence-corrected chi connectivity index (χ4v) is 5.10. The molecule has 2 heterocycles. The van der Waals surface area contributed by atoms with Gasteiger partial charge in [-0.15, -0.1) is 0 Å². The number of fused-ring (bicyclic) bond motifs is 1. The average molecular weight is 506 g/mol. The topological polar surface area (TPSA) is 80.2 Å². The highest BCUT2D eigenvalue weighted by molar-refractivity contribution is 8.16. The van der Waals surface area contributed by atoms with Crippen LogP contribution >= 0.6 is 11.8 Å². The molecule has 1 amide bonds. The molecule has 2 aliphatic rings. The van der Waals surface area contributed by atoms with Gasteiger partial charge in [-0.05, 0) is 43.4 Å². The molecule has 0 bridgehead atoms. The number of amidine groups is 1. The Labute approximate surface area is 216 Å². The molecule has 0 aliphatic carbocycles. The fraction of sp³-hybridized carbons (Fsp3) is 0.321. The van der Waals surface area contributed by atoms with Crippen molar-refractivity contribution in [2.75, 3.05) is 13.7 Å². The fourth-order valence-electron chi connectivity index (χ4n) is 4.18. The normalized spacial score (nSPS) is 17.7. The number of hydrogen-bond acceptors (Lipinski definition) is 7. The van der Waals surface area contributed by atoms with Crippen LogP contribution in [-0.4, -0.2) is 41.7 Å². The minimum Gasteiger partial charge on any atom is -0.497 e. The van der Waals surface area contributed by atoms with Gasteiger partial charge in [0.25, 0.3) is 0 Å². The molecule has 8 heteroatoms. The van der Waals surface area contributed by atoms with E-state index in [9.17, 15) is 9.59 Å². The summed E-state index contributed by atoms with van der Waals surface area (Å²) in [6.45, 7) is 6.05. The Balaban J connectivity index is 1.83. The standard InChI is InChI=1S/C28H31N3O4S/c1-5-18(3)29-23(32)16-21-17-36-28-30-25(19-10-8-7-9-11-19)24(27(33)35-6-2)26(31(21)28)20-12-14-22(34-4)15-13-20/h7-15,17-18,26H,5-6,16H2,1-4H3,(H,29,32)/t18-,26-/m1/s1. The molecule has 2 atom stereocenters. The van der Waals surface area contributed by atoms with Crippen LogP contribution in [0.4, 0.5) is 0 Å². The number of rotatable bonds is 9. The van der Waals surface area contributed by atoms with Crippen molar-refractivity contribution in [3.05, 3.63) is 82.4 Å². The first-order chi connectivity index (χ1) is 17.5. The zero-order chi connectivity index (χ0) is 25.7. The number of ether oxygens (including phenoxy) is 2. The number of carbonyl (C=O) groups is 2. The van der Waals surface area contributed by atoms with Crippen LogP contribution in [0.2, 0.25) is 0 Å². The van der Waals surface area contributed by atoms with E-state index in [1.165, 1.54) is 11.8 Å². The molecule has 0 saturated heterocycles. The van der Waals surface area contributed by atoms with Gasteiger partial charge in [-0.1, -0.05) is 61.2 Å². The van der Waals surface area contributed by atoms with Crippen LogP contribution in [0.3, 0.4) is 0 Å². The lowest BCUT2D eigenvalue weighted by Gasteiger charge is -2.37. The molecular formula is C28H31N3O4S. The molecule has 0 radical (unpaired) electrons. The van der Waals surface area contributed by atoms with E-state index in [1.54, 1.807) is 14.0 Å². The van der Waals surface area contributed by atoms with Gasteiger partial charge in [-0.25, -0.2) is 9.79 Å². The molecule has 0 aromatic heterocycles. The molecule has 1 N–H and O–H groups in total. The summed E-state index contributed by atoms with van der Waals surface area (Å²) >= 11 is 1.46. The van der Waals surface area contributed by atoms with Gasteiger partial charge >= 0.3 is 5.97 Å². The molecule has 7 nitrogen and oxygen atoms in total. The third-order valence-corrected chi connectivity index (χ3v) is 7.03. The van der Waals surface area contributed by atoms with Gasteiger partial charge in [0.05, 0.1) is 37.4 Å². The molecule has 2 aromatic carbocycles. The van der Waals surface area contributed by atoms with Gasteiger partial charge in [0.1, 0.15) is 5.75 Å². The van der Waals surface area contributed by atoms with E-state index in [4.69, 9.17) is 14.5 Å². The summed E-state index contributed by atoms with van der Waals surface area (Å²) in [5.74, 6) is 0.217. The Kier molecular flexibility index (Phi) is 8.15. The second-order valence-corrected chi connectivity index (χ2v) is 9.41. The molecule has 188 valence electrons. The first-order valence-electron chi connectivity index (χ1n) is 12.1. The second-order valence-electron chi connectivity index (χ2n) is 8.57. The first kappa shape index (κ1) is 25.6. The zero-order valence-electron chi connectivity index (χ0n) is 21.0. The molecule has 0 fully saturated rings. The number of nitrogens with zero attached hydrogens (tertiary/aromatic N) is 2. The molecule has 2 aromatic rings. The molecular weight excluding hydrogens is 474 g/mol. The number of nitrogens with one attached hydrogen (secondary N) is 1. The summed E-state index contributed by atoms with van der Waals surface area (Å²) in [6.07, 6.45) is 1.03. The smallest absolute Gasteiger partial charge is 0.338 e. The maximum atomic E-state index is 13.5. The Hall–Kier alpha value is -3.52. The molecule has 4 rings (SSSR count). The highest BCUT2D eigenvalue weighted by Crippen LogP contribution is 2.47. The van der Waals surface area contributed by atoms with E-state index < -0.39 is 12.0 Å². The summed E-state index contributed by atoms with van der Waals surface area (Å²) in [5.41, 5.74) is 3.50. The minimum absolute atomic E-state index is 0.0681. The lowest BCUT2D eigenvalue weighted by molar-refractivity contribution is -0.139. The Morgan fingerprint density at radius 2 is 1.83 bits per heavy atom. The maximum Gasteiger partial charge on any atom is 0.338 e. The van der Waals surface area contributed by atoms with Crippen LogP contribution in [0.25, 0.3) is 5.70 Å². The number of esters is 1. The molecule has 36 heavy (non-hydrogen) atoms. The van der Waals surface area contributed by atoms with E-state index in [2.05, 4.69) is 5.32 Å². The predicted molar refractivity (Wildman–Crippen MR) is 143 cm³/mol. The van der Waals surface area contributed by atoms with Gasteiger partial charge in [-0.3, -0.25) is 4.79 Å². The van der Waals surface area contributed by atoms with Gasteiger partial charge in [0, 0.05) is 17.3 Å². The van der Waals surface area contributed by atoms with Crippen molar-refractivity contribution >= 4 is 34.5 Å². The zero-order valence-corrected chi connectivity index (χ0v) is 21.8. The van der Waals surface area contributed by atoms with Crippen molar-refractivity contribution in [2.24, 2.45) is 4.99 Å². The number of amides is 1. The molecule has 0 unspecified atom stereocenters. The largest absolute Gasteiger partial charge is 0.497 e. The number of benzene rings is 2. The van der Waals surface area contributed by atoms with Crippen molar-refractivity contribution in [1.29, 1.82) is 0 Å². The van der Waals surface area contributed by atoms with Crippen molar-refractivity contribution in [3.8, 4) is 5.75 Å².